The maximum absolute atomic E-state index is 12.0. The summed E-state index contributed by atoms with van der Waals surface area (Å²) < 4.78 is 12.4. The fourth-order valence-corrected chi connectivity index (χ4v) is 3.45. The third-order valence-electron chi connectivity index (χ3n) is 3.87. The molecule has 3 aromatic rings. The van der Waals surface area contributed by atoms with Gasteiger partial charge in [-0.1, -0.05) is 6.07 Å². The third kappa shape index (κ3) is 3.05. The van der Waals surface area contributed by atoms with Gasteiger partial charge in [0.25, 0.3) is 0 Å². The van der Waals surface area contributed by atoms with Gasteiger partial charge >= 0.3 is 0 Å². The molecular weight excluding hydrogens is 328 g/mol. The number of hydrogen-bond donors (Lipinski definition) is 1. The van der Waals surface area contributed by atoms with Crippen LogP contribution in [0.3, 0.4) is 0 Å². The highest BCUT2D eigenvalue weighted by atomic mass is 32.1. The average molecular weight is 344 g/mol. The molecule has 0 fully saturated rings. The molecule has 0 saturated heterocycles. The second kappa shape index (κ2) is 6.48. The number of amides is 1. The lowest BCUT2D eigenvalue weighted by atomic mass is 10.1. The van der Waals surface area contributed by atoms with Crippen LogP contribution in [-0.2, 0) is 17.6 Å². The molecule has 24 heavy (non-hydrogen) atoms. The van der Waals surface area contributed by atoms with Crippen LogP contribution in [0.1, 0.15) is 17.7 Å². The van der Waals surface area contributed by atoms with E-state index in [-0.39, 0.29) is 12.7 Å². The first-order valence-electron chi connectivity index (χ1n) is 7.71. The Balaban J connectivity index is 1.24. The van der Waals surface area contributed by atoms with E-state index in [1.165, 1.54) is 0 Å². The van der Waals surface area contributed by atoms with Gasteiger partial charge in [0.2, 0.25) is 17.7 Å². The smallest absolute Gasteiger partial charge is 0.231 e. The van der Waals surface area contributed by atoms with Crippen molar-refractivity contribution in [2.75, 3.05) is 13.3 Å². The van der Waals surface area contributed by atoms with Gasteiger partial charge in [-0.05, 0) is 24.1 Å². The first kappa shape index (κ1) is 14.9. The van der Waals surface area contributed by atoms with E-state index < -0.39 is 0 Å². The van der Waals surface area contributed by atoms with E-state index in [2.05, 4.69) is 15.4 Å². The zero-order valence-electron chi connectivity index (χ0n) is 12.9. The first-order valence-corrected chi connectivity index (χ1v) is 8.59. The van der Waals surface area contributed by atoms with Crippen LogP contribution in [0, 0.1) is 0 Å². The quantitative estimate of drug-likeness (QED) is 0.738. The lowest BCUT2D eigenvalue weighted by Crippen LogP contribution is -2.26. The lowest BCUT2D eigenvalue weighted by Gasteiger charge is -2.05. The van der Waals surface area contributed by atoms with E-state index >= 15 is 0 Å². The summed E-state index contributed by atoms with van der Waals surface area (Å²) in [6.45, 7) is 0.854. The van der Waals surface area contributed by atoms with Crippen LogP contribution < -0.4 is 14.8 Å². The largest absolute Gasteiger partial charge is 0.454 e. The zero-order chi connectivity index (χ0) is 16.4. The van der Waals surface area contributed by atoms with E-state index in [0.29, 0.717) is 19.4 Å². The Labute approximate surface area is 142 Å². The van der Waals surface area contributed by atoms with E-state index in [0.717, 1.165) is 34.1 Å². The molecule has 0 spiro atoms. The highest BCUT2D eigenvalue weighted by Crippen LogP contribution is 2.32. The van der Waals surface area contributed by atoms with Gasteiger partial charge in [0.05, 0.1) is 5.69 Å². The fraction of sp³-hybridized carbons (Fsp3) is 0.312. The van der Waals surface area contributed by atoms with Gasteiger partial charge in [0, 0.05) is 24.8 Å². The number of rotatable bonds is 6. The second-order valence-corrected chi connectivity index (χ2v) is 6.31. The molecule has 0 unspecified atom stereocenters. The van der Waals surface area contributed by atoms with Crippen molar-refractivity contribution >= 4 is 22.2 Å². The van der Waals surface area contributed by atoms with Crippen molar-refractivity contribution in [2.45, 2.75) is 19.3 Å². The van der Waals surface area contributed by atoms with Crippen LogP contribution in [0.25, 0.3) is 4.96 Å². The summed E-state index contributed by atoms with van der Waals surface area (Å²) in [7, 11) is 0. The molecule has 1 aliphatic heterocycles. The van der Waals surface area contributed by atoms with Crippen LogP contribution in [0.4, 0.5) is 0 Å². The number of ether oxygens (including phenoxy) is 2. The number of nitrogens with zero attached hydrogens (tertiary/aromatic N) is 3. The molecule has 124 valence electrons. The van der Waals surface area contributed by atoms with Crippen molar-refractivity contribution in [1.29, 1.82) is 0 Å². The summed E-state index contributed by atoms with van der Waals surface area (Å²) >= 11 is 1.55. The predicted molar refractivity (Wildman–Crippen MR) is 88.5 cm³/mol. The Hall–Kier alpha value is -2.61. The lowest BCUT2D eigenvalue weighted by molar-refractivity contribution is -0.121. The summed E-state index contributed by atoms with van der Waals surface area (Å²) in [5.74, 6) is 1.55. The molecule has 1 aromatic carbocycles. The van der Waals surface area contributed by atoms with Gasteiger partial charge in [0.1, 0.15) is 6.33 Å². The molecule has 1 amide bonds. The van der Waals surface area contributed by atoms with E-state index in [9.17, 15) is 4.79 Å². The fourth-order valence-electron chi connectivity index (χ4n) is 2.62. The highest BCUT2D eigenvalue weighted by Gasteiger charge is 2.13. The van der Waals surface area contributed by atoms with Crippen LogP contribution in [-0.4, -0.2) is 33.8 Å². The minimum atomic E-state index is 0.0396. The summed E-state index contributed by atoms with van der Waals surface area (Å²) in [5, 5.41) is 9.13. The summed E-state index contributed by atoms with van der Waals surface area (Å²) in [5.41, 5.74) is 2.13. The summed E-state index contributed by atoms with van der Waals surface area (Å²) in [6.07, 6.45) is 3.40. The number of hydrogen-bond acceptors (Lipinski definition) is 6. The average Bonchev–Trinajstić information content (AvgIpc) is 3.30. The molecule has 1 N–H and O–H groups in total. The maximum Gasteiger partial charge on any atom is 0.231 e. The molecule has 2 aromatic heterocycles. The van der Waals surface area contributed by atoms with Crippen molar-refractivity contribution in [1.82, 2.24) is 19.9 Å². The number of aromatic nitrogens is 3. The van der Waals surface area contributed by atoms with Gasteiger partial charge in [-0.15, -0.1) is 11.3 Å². The summed E-state index contributed by atoms with van der Waals surface area (Å²) in [4.78, 5) is 17.0. The third-order valence-corrected chi connectivity index (χ3v) is 4.75. The molecule has 4 rings (SSSR count). The van der Waals surface area contributed by atoms with E-state index in [4.69, 9.17) is 9.47 Å². The zero-order valence-corrected chi connectivity index (χ0v) is 13.7. The molecule has 0 atom stereocenters. The molecule has 0 saturated carbocycles. The standard InChI is InChI=1S/C16H16N4O3S/c21-15(4-2-11-1-3-13-14(7-11)23-10-22-13)17-6-5-12-8-24-16-18-9-19-20(12)16/h1,3,7-9H,2,4-6,10H2,(H,17,21). The number of nitrogens with one attached hydrogen (secondary N) is 1. The first-order chi connectivity index (χ1) is 11.8. The Morgan fingerprint density at radius 2 is 2.21 bits per heavy atom. The van der Waals surface area contributed by atoms with Crippen molar-refractivity contribution in [3.8, 4) is 11.5 Å². The number of fused-ring (bicyclic) bond motifs is 2. The Bertz CT molecular complexity index is 873. The van der Waals surface area contributed by atoms with Crippen LogP contribution >= 0.6 is 11.3 Å². The second-order valence-electron chi connectivity index (χ2n) is 5.47. The molecule has 3 heterocycles. The van der Waals surface area contributed by atoms with Crippen molar-refractivity contribution in [3.05, 3.63) is 41.2 Å². The van der Waals surface area contributed by atoms with Crippen LogP contribution in [0.5, 0.6) is 11.5 Å². The number of benzene rings is 1. The molecule has 1 aliphatic rings. The van der Waals surface area contributed by atoms with Crippen molar-refractivity contribution in [3.63, 3.8) is 0 Å². The van der Waals surface area contributed by atoms with Gasteiger partial charge in [-0.2, -0.15) is 5.10 Å². The number of carbonyl (C=O) groups excluding carboxylic acids is 1. The highest BCUT2D eigenvalue weighted by molar-refractivity contribution is 7.15. The monoisotopic (exact) mass is 344 g/mol. The predicted octanol–water partition coefficient (Wildman–Crippen LogP) is 1.81. The molecular formula is C16H16N4O3S. The van der Waals surface area contributed by atoms with Gasteiger partial charge < -0.3 is 14.8 Å². The number of aryl methyl sites for hydroxylation is 1. The normalized spacial score (nSPS) is 12.7. The maximum atomic E-state index is 12.0. The molecule has 0 aliphatic carbocycles. The Morgan fingerprint density at radius 3 is 3.17 bits per heavy atom. The minimum Gasteiger partial charge on any atom is -0.454 e. The van der Waals surface area contributed by atoms with Crippen LogP contribution in [0.2, 0.25) is 0 Å². The van der Waals surface area contributed by atoms with Crippen molar-refractivity contribution in [2.24, 2.45) is 0 Å². The Kier molecular flexibility index (Phi) is 4.04. The number of thiazole rings is 1. The topological polar surface area (TPSA) is 77.8 Å². The van der Waals surface area contributed by atoms with Crippen molar-refractivity contribution < 1.29 is 14.3 Å². The molecule has 8 heteroatoms. The van der Waals surface area contributed by atoms with Crippen LogP contribution in [0.15, 0.2) is 29.9 Å². The van der Waals surface area contributed by atoms with E-state index in [1.54, 1.807) is 17.7 Å². The number of carbonyl (C=O) groups is 1. The van der Waals surface area contributed by atoms with Gasteiger partial charge in [-0.3, -0.25) is 4.79 Å². The summed E-state index contributed by atoms with van der Waals surface area (Å²) in [6, 6.07) is 5.78. The molecule has 7 nitrogen and oxygen atoms in total. The SMILES string of the molecule is O=C(CCc1ccc2c(c1)OCO2)NCCc1csc2ncnn12. The molecule has 0 bridgehead atoms. The van der Waals surface area contributed by atoms with Gasteiger partial charge in [-0.25, -0.2) is 9.50 Å². The molecule has 0 radical (unpaired) electrons. The Morgan fingerprint density at radius 1 is 1.29 bits per heavy atom. The van der Waals surface area contributed by atoms with E-state index in [1.807, 2.05) is 28.1 Å². The van der Waals surface area contributed by atoms with Gasteiger partial charge in [0.15, 0.2) is 11.5 Å². The minimum absolute atomic E-state index is 0.0396.